The Labute approximate surface area is 98.0 Å². The summed E-state index contributed by atoms with van der Waals surface area (Å²) in [6.07, 6.45) is 10.2. The number of hydrogen-bond acceptors (Lipinski definition) is 2. The smallest absolute Gasteiger partial charge is 0.149 e. The highest BCUT2D eigenvalue weighted by molar-refractivity contribution is 7.99. The Morgan fingerprint density at radius 2 is 2.13 bits per heavy atom. The van der Waals surface area contributed by atoms with Crippen molar-refractivity contribution in [2.45, 2.75) is 33.6 Å². The molecule has 0 bridgehead atoms. The van der Waals surface area contributed by atoms with Gasteiger partial charge in [0.2, 0.25) is 0 Å². The zero-order valence-corrected chi connectivity index (χ0v) is 10.8. The van der Waals surface area contributed by atoms with Crippen molar-refractivity contribution in [1.82, 2.24) is 0 Å². The average molecular weight is 226 g/mol. The summed E-state index contributed by atoms with van der Waals surface area (Å²) in [6.45, 7) is 6.10. The molecule has 1 nitrogen and oxygen atoms in total. The average Bonchev–Trinajstić information content (AvgIpc) is 2.24. The fraction of sp³-hybridized carbons (Fsp3) is 0.615. The molecule has 86 valence electrons. The highest BCUT2D eigenvalue weighted by Gasteiger charge is 2.08. The lowest BCUT2D eigenvalue weighted by atomic mass is 10.1. The van der Waals surface area contributed by atoms with Crippen molar-refractivity contribution >= 4 is 17.5 Å². The van der Waals surface area contributed by atoms with Crippen LogP contribution in [-0.4, -0.2) is 17.3 Å². The molecule has 2 heteroatoms. The molecule has 0 saturated carbocycles. The van der Waals surface area contributed by atoms with E-state index in [2.05, 4.69) is 6.92 Å². The fourth-order valence-electron chi connectivity index (χ4n) is 1.000. The molecule has 0 aromatic rings. The number of hydrogen-bond donors (Lipinski definition) is 0. The molecule has 0 aliphatic carbocycles. The molecule has 0 aromatic carbocycles. The second-order valence-electron chi connectivity index (χ2n) is 3.57. The van der Waals surface area contributed by atoms with Crippen molar-refractivity contribution in [3.63, 3.8) is 0 Å². The first-order valence-electron chi connectivity index (χ1n) is 5.62. The van der Waals surface area contributed by atoms with E-state index in [9.17, 15) is 4.79 Å². The minimum Gasteiger partial charge on any atom is -0.298 e. The van der Waals surface area contributed by atoms with E-state index in [-0.39, 0.29) is 5.92 Å². The van der Waals surface area contributed by atoms with Gasteiger partial charge in [-0.1, -0.05) is 44.6 Å². The summed E-state index contributed by atoms with van der Waals surface area (Å²) in [4.78, 5) is 11.6. The van der Waals surface area contributed by atoms with Crippen LogP contribution < -0.4 is 0 Å². The van der Waals surface area contributed by atoms with E-state index in [1.165, 1.54) is 12.8 Å². The van der Waals surface area contributed by atoms with Gasteiger partial charge in [0.25, 0.3) is 0 Å². The zero-order chi connectivity index (χ0) is 11.5. The van der Waals surface area contributed by atoms with Crippen LogP contribution in [0.25, 0.3) is 0 Å². The van der Waals surface area contributed by atoms with E-state index in [1.54, 1.807) is 11.8 Å². The third-order valence-corrected chi connectivity index (χ3v) is 3.16. The molecule has 0 radical (unpaired) electrons. The van der Waals surface area contributed by atoms with Crippen LogP contribution in [0.15, 0.2) is 24.3 Å². The summed E-state index contributed by atoms with van der Waals surface area (Å²) >= 11 is 1.75. The van der Waals surface area contributed by atoms with E-state index >= 15 is 0 Å². The summed E-state index contributed by atoms with van der Waals surface area (Å²) < 4.78 is 0. The molecule has 1 atom stereocenters. The van der Waals surface area contributed by atoms with Gasteiger partial charge in [0.15, 0.2) is 0 Å². The van der Waals surface area contributed by atoms with Crippen LogP contribution >= 0.6 is 11.8 Å². The lowest BCUT2D eigenvalue weighted by Crippen LogP contribution is -2.11. The van der Waals surface area contributed by atoms with E-state index in [0.29, 0.717) is 11.5 Å². The maximum atomic E-state index is 11.6. The Kier molecular flexibility index (Phi) is 9.70. The molecule has 0 aliphatic rings. The van der Waals surface area contributed by atoms with Crippen LogP contribution in [0.1, 0.15) is 33.6 Å². The molecule has 0 N–H and O–H groups in total. The standard InChI is InChI=1S/C13H22OS/c1-4-6-8-9-12(3)13(14)11-15-10-7-5-2/h4,6,8-9,12H,5,7,10-11H2,1-3H3/b6-4-,9-8-. The summed E-state index contributed by atoms with van der Waals surface area (Å²) in [7, 11) is 0. The first-order chi connectivity index (χ1) is 7.22. The molecule has 0 aromatic heterocycles. The van der Waals surface area contributed by atoms with Crippen LogP contribution in [0.2, 0.25) is 0 Å². The Morgan fingerprint density at radius 3 is 2.73 bits per heavy atom. The van der Waals surface area contributed by atoms with Crippen molar-refractivity contribution in [3.8, 4) is 0 Å². The molecule has 0 saturated heterocycles. The number of rotatable bonds is 8. The van der Waals surface area contributed by atoms with Crippen LogP contribution in [0.3, 0.4) is 0 Å². The molecule has 0 heterocycles. The predicted molar refractivity (Wildman–Crippen MR) is 70.4 cm³/mol. The van der Waals surface area contributed by atoms with E-state index < -0.39 is 0 Å². The van der Waals surface area contributed by atoms with Crippen LogP contribution in [-0.2, 0) is 4.79 Å². The molecule has 1 unspecified atom stereocenters. The molecule has 0 rings (SSSR count). The van der Waals surface area contributed by atoms with Gasteiger partial charge in [0.1, 0.15) is 5.78 Å². The second-order valence-corrected chi connectivity index (χ2v) is 4.68. The first-order valence-corrected chi connectivity index (χ1v) is 6.77. The Morgan fingerprint density at radius 1 is 1.40 bits per heavy atom. The Bertz CT molecular complexity index is 219. The number of carbonyl (C=O) groups excluding carboxylic acids is 1. The van der Waals surface area contributed by atoms with Crippen molar-refractivity contribution in [2.75, 3.05) is 11.5 Å². The lowest BCUT2D eigenvalue weighted by Gasteiger charge is -2.04. The van der Waals surface area contributed by atoms with Crippen molar-refractivity contribution in [1.29, 1.82) is 0 Å². The number of unbranched alkanes of at least 4 members (excludes halogenated alkanes) is 1. The minimum absolute atomic E-state index is 0.0512. The maximum Gasteiger partial charge on any atom is 0.149 e. The highest BCUT2D eigenvalue weighted by Crippen LogP contribution is 2.09. The third kappa shape index (κ3) is 8.49. The fourth-order valence-corrected chi connectivity index (χ4v) is 2.10. The summed E-state index contributed by atoms with van der Waals surface area (Å²) in [5.74, 6) is 2.14. The Hall–Kier alpha value is -0.500. The van der Waals surface area contributed by atoms with E-state index in [0.717, 1.165) is 5.75 Å². The quantitative estimate of drug-likeness (QED) is 0.462. The van der Waals surface area contributed by atoms with E-state index in [4.69, 9.17) is 0 Å². The third-order valence-electron chi connectivity index (χ3n) is 2.10. The highest BCUT2D eigenvalue weighted by atomic mass is 32.2. The van der Waals surface area contributed by atoms with Gasteiger partial charge >= 0.3 is 0 Å². The number of ketones is 1. The molecule has 0 spiro atoms. The van der Waals surface area contributed by atoms with Gasteiger partial charge < -0.3 is 0 Å². The first kappa shape index (κ1) is 14.5. The largest absolute Gasteiger partial charge is 0.298 e. The predicted octanol–water partition coefficient (Wildman–Crippen LogP) is 3.86. The number of carbonyl (C=O) groups is 1. The van der Waals surface area contributed by atoms with Gasteiger partial charge in [-0.3, -0.25) is 4.79 Å². The zero-order valence-electron chi connectivity index (χ0n) is 10.0. The molecule has 15 heavy (non-hydrogen) atoms. The topological polar surface area (TPSA) is 17.1 Å². The minimum atomic E-state index is 0.0512. The summed E-state index contributed by atoms with van der Waals surface area (Å²) in [5.41, 5.74) is 0. The molecule has 0 fully saturated rings. The molecule has 0 aliphatic heterocycles. The maximum absolute atomic E-state index is 11.6. The van der Waals surface area contributed by atoms with Crippen LogP contribution in [0, 0.1) is 5.92 Å². The SMILES string of the molecule is C/C=C\C=C/C(C)C(=O)CSCCCC. The molecule has 0 amide bonds. The second kappa shape index (κ2) is 10.0. The normalized spacial score (nSPS) is 13.8. The van der Waals surface area contributed by atoms with Gasteiger partial charge in [0, 0.05) is 5.92 Å². The van der Waals surface area contributed by atoms with Crippen molar-refractivity contribution < 1.29 is 4.79 Å². The summed E-state index contributed by atoms with van der Waals surface area (Å²) in [5, 5.41) is 0. The van der Waals surface area contributed by atoms with Gasteiger partial charge in [-0.05, 0) is 19.1 Å². The number of allylic oxidation sites excluding steroid dienone is 4. The number of thioether (sulfide) groups is 1. The van der Waals surface area contributed by atoms with Crippen LogP contribution in [0.4, 0.5) is 0 Å². The van der Waals surface area contributed by atoms with Crippen molar-refractivity contribution in [2.24, 2.45) is 5.92 Å². The van der Waals surface area contributed by atoms with Gasteiger partial charge in [-0.2, -0.15) is 11.8 Å². The van der Waals surface area contributed by atoms with Gasteiger partial charge in [0.05, 0.1) is 5.75 Å². The lowest BCUT2D eigenvalue weighted by molar-refractivity contribution is -0.118. The monoisotopic (exact) mass is 226 g/mol. The molecular formula is C13H22OS. The number of Topliss-reactive ketones (excluding diaryl/α,β-unsaturated/α-hetero) is 1. The van der Waals surface area contributed by atoms with E-state index in [1.807, 2.05) is 38.2 Å². The van der Waals surface area contributed by atoms with Gasteiger partial charge in [-0.15, -0.1) is 0 Å². The summed E-state index contributed by atoms with van der Waals surface area (Å²) in [6, 6.07) is 0. The molecular weight excluding hydrogens is 204 g/mol. The van der Waals surface area contributed by atoms with Gasteiger partial charge in [-0.25, -0.2) is 0 Å². The van der Waals surface area contributed by atoms with Crippen LogP contribution in [0.5, 0.6) is 0 Å². The Balaban J connectivity index is 3.69. The van der Waals surface area contributed by atoms with Crippen molar-refractivity contribution in [3.05, 3.63) is 24.3 Å².